The lowest BCUT2D eigenvalue weighted by Gasteiger charge is -2.41. The van der Waals surface area contributed by atoms with Crippen molar-refractivity contribution in [3.63, 3.8) is 0 Å². The Morgan fingerprint density at radius 3 is 1.23 bits per heavy atom. The smallest absolute Gasteiger partial charge is 0.262 e. The molecule has 2 aliphatic rings. The zero-order chi connectivity index (χ0) is 52.8. The molecule has 376 valence electrons. The number of nitrogens with zero attached hydrogens (tertiary/aromatic N) is 2. The Hall–Kier alpha value is -8.36. The predicted octanol–water partition coefficient (Wildman–Crippen LogP) is 19.3. The lowest BCUT2D eigenvalue weighted by atomic mass is 9.33. The average molecular weight is 1040 g/mol. The van der Waals surface area contributed by atoms with Gasteiger partial charge in [0.25, 0.3) is 6.71 Å². The Bertz CT molecular complexity index is 4210. The summed E-state index contributed by atoms with van der Waals surface area (Å²) in [5, 5.41) is 4.75. The molecule has 0 aliphatic carbocycles. The first kappa shape index (κ1) is 46.9. The SMILES string of the molecule is Cc1cc2c3c(c1)N(c1ccc(-c4cc5ccccc5s4)cc1-c1ccccc1)c1oc4ccc(C(C)(C)C)cc4c1B3c1c(oc3ccc(C(C)(C)C)cc13)N2c1ccc(-c2cc3ccccc3s2)cc1-c1ccccc1. The summed E-state index contributed by atoms with van der Waals surface area (Å²) < 4.78 is 17.6. The molecular weight excluding hydrogens is 988 g/mol. The van der Waals surface area contributed by atoms with Crippen molar-refractivity contribution in [3.8, 4) is 43.1 Å². The highest BCUT2D eigenvalue weighted by Crippen LogP contribution is 2.53. The summed E-state index contributed by atoms with van der Waals surface area (Å²) in [4.78, 5) is 7.39. The topological polar surface area (TPSA) is 32.8 Å². The monoisotopic (exact) mass is 1040 g/mol. The summed E-state index contributed by atoms with van der Waals surface area (Å²) in [6.07, 6.45) is 0. The van der Waals surface area contributed by atoms with E-state index in [9.17, 15) is 0 Å². The number of benzene rings is 9. The molecule has 4 aromatic heterocycles. The summed E-state index contributed by atoms with van der Waals surface area (Å²) in [6.45, 7) is 15.8. The third-order valence-corrected chi connectivity index (χ3v) is 18.6. The van der Waals surface area contributed by atoms with Crippen molar-refractivity contribution >= 4 is 122 Å². The largest absolute Gasteiger partial charge is 0.440 e. The van der Waals surface area contributed by atoms with Crippen LogP contribution in [0.15, 0.2) is 215 Å². The molecule has 13 aromatic rings. The van der Waals surface area contributed by atoms with E-state index in [2.05, 4.69) is 265 Å². The van der Waals surface area contributed by atoms with Crippen LogP contribution < -0.4 is 26.2 Å². The van der Waals surface area contributed by atoms with Crippen LogP contribution in [0.3, 0.4) is 0 Å². The van der Waals surface area contributed by atoms with Crippen LogP contribution in [-0.4, -0.2) is 6.71 Å². The Kier molecular flexibility index (Phi) is 10.4. The van der Waals surface area contributed by atoms with E-state index in [1.54, 1.807) is 0 Å². The summed E-state index contributed by atoms with van der Waals surface area (Å²) >= 11 is 3.69. The summed E-state index contributed by atoms with van der Waals surface area (Å²) in [5.74, 6) is 1.66. The molecular formula is C71H55BN2O2S2. The van der Waals surface area contributed by atoms with Crippen molar-refractivity contribution in [2.24, 2.45) is 0 Å². The number of thiophene rings is 2. The van der Waals surface area contributed by atoms with Gasteiger partial charge in [-0.25, -0.2) is 0 Å². The van der Waals surface area contributed by atoms with Gasteiger partial charge in [0.05, 0.1) is 11.4 Å². The standard InChI is InChI=1S/C71H55BN2O2S2/c1-42-34-57-67-58(35-42)74(56-31-27-48(37-52(56)44-20-12-9-13-21-44)64-39-46-23-15-17-25-62(46)78-64)69-66(54-41-50(71(5,6)7)29-33-60(54)76-69)72(67)65-53-40-49(70(2,3)4)28-32-59(53)75-68(65)73(57)55-30-26-47(36-51(55)43-18-10-8-11-19-43)63-38-45-22-14-16-24-61(45)77-63/h8-41H,1-7H3. The first-order valence-corrected chi connectivity index (χ1v) is 28.7. The lowest BCUT2D eigenvalue weighted by molar-refractivity contribution is 0.589. The van der Waals surface area contributed by atoms with E-state index in [-0.39, 0.29) is 17.5 Å². The van der Waals surface area contributed by atoms with Gasteiger partial charge in [0.15, 0.2) is 0 Å². The van der Waals surface area contributed by atoms with Gasteiger partial charge in [0.2, 0.25) is 11.8 Å². The van der Waals surface area contributed by atoms with Gasteiger partial charge in [0.1, 0.15) is 11.2 Å². The van der Waals surface area contributed by atoms with Crippen molar-refractivity contribution in [1.29, 1.82) is 0 Å². The lowest BCUT2D eigenvalue weighted by Crippen LogP contribution is -2.61. The first-order chi connectivity index (χ1) is 37.8. The van der Waals surface area contributed by atoms with Crippen molar-refractivity contribution in [2.45, 2.75) is 59.3 Å². The van der Waals surface area contributed by atoms with Crippen LogP contribution in [-0.2, 0) is 10.8 Å². The first-order valence-electron chi connectivity index (χ1n) is 27.1. The van der Waals surface area contributed by atoms with Gasteiger partial charge < -0.3 is 8.83 Å². The second-order valence-electron chi connectivity index (χ2n) is 23.4. The van der Waals surface area contributed by atoms with E-state index in [0.717, 1.165) is 95.2 Å². The van der Waals surface area contributed by atoms with E-state index >= 15 is 0 Å². The van der Waals surface area contributed by atoms with E-state index in [0.29, 0.717) is 0 Å². The fourth-order valence-corrected chi connectivity index (χ4v) is 14.4. The molecule has 0 N–H and O–H groups in total. The van der Waals surface area contributed by atoms with E-state index in [4.69, 9.17) is 8.83 Å². The molecule has 0 amide bonds. The molecule has 15 rings (SSSR count). The van der Waals surface area contributed by atoms with Crippen LogP contribution in [0, 0.1) is 6.92 Å². The maximum atomic E-state index is 7.50. The molecule has 0 saturated carbocycles. The van der Waals surface area contributed by atoms with Crippen molar-refractivity contribution in [1.82, 2.24) is 0 Å². The predicted molar refractivity (Wildman–Crippen MR) is 335 cm³/mol. The normalized spacial score (nSPS) is 13.2. The number of fused-ring (bicyclic) bond motifs is 10. The van der Waals surface area contributed by atoms with Crippen LogP contribution in [0.25, 0.3) is 85.2 Å². The van der Waals surface area contributed by atoms with Crippen LogP contribution in [0.1, 0.15) is 58.2 Å². The summed E-state index contributed by atoms with van der Waals surface area (Å²) in [7, 11) is 0. The van der Waals surface area contributed by atoms with Crippen molar-refractivity contribution in [3.05, 3.63) is 223 Å². The molecule has 0 radical (unpaired) electrons. The number of furan rings is 2. The third kappa shape index (κ3) is 7.39. The van der Waals surface area contributed by atoms with Gasteiger partial charge in [0, 0.05) is 63.4 Å². The summed E-state index contributed by atoms with van der Waals surface area (Å²) in [5.41, 5.74) is 19.8. The molecule has 0 atom stereocenters. The van der Waals surface area contributed by atoms with Gasteiger partial charge in [-0.2, -0.15) is 0 Å². The molecule has 0 fully saturated rings. The van der Waals surface area contributed by atoms with E-state index < -0.39 is 0 Å². The van der Waals surface area contributed by atoms with Crippen molar-refractivity contribution < 1.29 is 8.83 Å². The number of hydrogen-bond acceptors (Lipinski definition) is 6. The fourth-order valence-electron chi connectivity index (χ4n) is 12.3. The second kappa shape index (κ2) is 17.3. The zero-order valence-corrected chi connectivity index (χ0v) is 46.4. The molecule has 7 heteroatoms. The van der Waals surface area contributed by atoms with Crippen LogP contribution in [0.5, 0.6) is 0 Å². The maximum absolute atomic E-state index is 7.50. The van der Waals surface area contributed by atoms with Gasteiger partial charge in [-0.1, -0.05) is 163 Å². The molecule has 0 spiro atoms. The molecule has 0 saturated heterocycles. The maximum Gasteiger partial charge on any atom is 0.262 e. The minimum Gasteiger partial charge on any atom is -0.440 e. The Balaban J connectivity index is 1.05. The Morgan fingerprint density at radius 2 is 0.808 bits per heavy atom. The Labute approximate surface area is 463 Å². The quantitative estimate of drug-likeness (QED) is 0.155. The van der Waals surface area contributed by atoms with Crippen LogP contribution in [0.4, 0.5) is 34.5 Å². The number of hydrogen-bond donors (Lipinski definition) is 0. The highest BCUT2D eigenvalue weighted by atomic mass is 32.1. The fraction of sp³-hybridized carbons (Fsp3) is 0.127. The van der Waals surface area contributed by atoms with Gasteiger partial charge >= 0.3 is 0 Å². The number of anilines is 6. The minimum absolute atomic E-state index is 0.107. The molecule has 9 aromatic carbocycles. The van der Waals surface area contributed by atoms with Gasteiger partial charge in [-0.15, -0.1) is 22.7 Å². The van der Waals surface area contributed by atoms with E-state index in [1.807, 2.05) is 22.7 Å². The third-order valence-electron chi connectivity index (χ3n) is 16.2. The number of rotatable bonds is 6. The molecule has 4 nitrogen and oxygen atoms in total. The van der Waals surface area contributed by atoms with Crippen LogP contribution >= 0.6 is 22.7 Å². The zero-order valence-electron chi connectivity index (χ0n) is 44.7. The molecule has 0 unspecified atom stereocenters. The highest BCUT2D eigenvalue weighted by Gasteiger charge is 2.49. The summed E-state index contributed by atoms with van der Waals surface area (Å²) in [6, 6.07) is 76.5. The number of aryl methyl sites for hydroxylation is 1. The van der Waals surface area contributed by atoms with Gasteiger partial charge in [-0.3, -0.25) is 9.80 Å². The average Bonchev–Trinajstić information content (AvgIpc) is 4.15. The molecule has 2 aliphatic heterocycles. The molecule has 0 bridgehead atoms. The van der Waals surface area contributed by atoms with Crippen molar-refractivity contribution in [2.75, 3.05) is 9.80 Å². The Morgan fingerprint density at radius 1 is 0.385 bits per heavy atom. The van der Waals surface area contributed by atoms with Gasteiger partial charge in [-0.05, 0) is 158 Å². The second-order valence-corrected chi connectivity index (χ2v) is 25.5. The molecule has 78 heavy (non-hydrogen) atoms. The minimum atomic E-state index is -0.253. The molecule has 6 heterocycles. The van der Waals surface area contributed by atoms with Crippen LogP contribution in [0.2, 0.25) is 0 Å². The van der Waals surface area contributed by atoms with E-state index in [1.165, 1.54) is 57.6 Å². The highest BCUT2D eigenvalue weighted by molar-refractivity contribution is 7.22.